The minimum atomic E-state index is -0.706. The van der Waals surface area contributed by atoms with Gasteiger partial charge in [0.15, 0.2) is 0 Å². The van der Waals surface area contributed by atoms with E-state index in [4.69, 9.17) is 9.84 Å². The van der Waals surface area contributed by atoms with Gasteiger partial charge in [0, 0.05) is 17.5 Å². The lowest BCUT2D eigenvalue weighted by Crippen LogP contribution is -2.04. The number of benzene rings is 1. The fraction of sp³-hybridized carbons (Fsp3) is 0.650. The van der Waals surface area contributed by atoms with Crippen LogP contribution < -0.4 is 4.74 Å². The quantitative estimate of drug-likeness (QED) is 0.441. The fourth-order valence-electron chi connectivity index (χ4n) is 2.96. The zero-order valence-corrected chi connectivity index (χ0v) is 15.3. The fourth-order valence-corrected chi connectivity index (χ4v) is 2.96. The molecule has 1 aromatic carbocycles. The largest absolute Gasteiger partial charge is 0.493 e. The maximum atomic E-state index is 10.4. The van der Waals surface area contributed by atoms with E-state index in [1.54, 1.807) is 0 Å². The van der Waals surface area contributed by atoms with Crippen molar-refractivity contribution >= 4 is 5.97 Å². The molecule has 0 fully saturated rings. The summed E-state index contributed by atoms with van der Waals surface area (Å²) in [5.74, 6) is -0.0867. The van der Waals surface area contributed by atoms with E-state index in [1.165, 1.54) is 6.42 Å². The Morgan fingerprint density at radius 2 is 1.36 bits per heavy atom. The second-order valence-electron chi connectivity index (χ2n) is 6.55. The van der Waals surface area contributed by atoms with E-state index in [0.717, 1.165) is 61.6 Å². The number of unbranched alkanes of at least 4 members (excludes halogenated alkanes) is 7. The van der Waals surface area contributed by atoms with Crippen molar-refractivity contribution in [3.05, 3.63) is 28.8 Å². The molecule has 5 heteroatoms. The first-order valence-electron chi connectivity index (χ1n) is 9.27. The van der Waals surface area contributed by atoms with E-state index in [0.29, 0.717) is 12.4 Å². The summed E-state index contributed by atoms with van der Waals surface area (Å²) in [6, 6.07) is 3.78. The molecule has 0 radical (unpaired) electrons. The molecule has 0 bridgehead atoms. The van der Waals surface area contributed by atoms with Crippen molar-refractivity contribution in [2.24, 2.45) is 0 Å². The Balaban J connectivity index is 2.15. The average Bonchev–Trinajstić information content (AvgIpc) is 2.59. The summed E-state index contributed by atoms with van der Waals surface area (Å²) in [6.45, 7) is 2.34. The van der Waals surface area contributed by atoms with Gasteiger partial charge in [0.1, 0.15) is 5.75 Å². The number of aliphatic hydroxyl groups is 2. The summed E-state index contributed by atoms with van der Waals surface area (Å²) in [7, 11) is 0. The Kier molecular flexibility index (Phi) is 10.9. The predicted molar refractivity (Wildman–Crippen MR) is 97.7 cm³/mol. The molecule has 0 unspecified atom stereocenters. The molecule has 0 aliphatic carbocycles. The number of carboxylic acids is 1. The second-order valence-corrected chi connectivity index (χ2v) is 6.55. The Hall–Kier alpha value is -1.59. The summed E-state index contributed by atoms with van der Waals surface area (Å²) in [5.41, 5.74) is 2.46. The Morgan fingerprint density at radius 1 is 0.880 bits per heavy atom. The van der Waals surface area contributed by atoms with Gasteiger partial charge in [0.2, 0.25) is 0 Å². The zero-order chi connectivity index (χ0) is 18.5. The van der Waals surface area contributed by atoms with Gasteiger partial charge in [-0.05, 0) is 19.8 Å². The number of ether oxygens (including phenoxy) is 1. The average molecular weight is 352 g/mol. The van der Waals surface area contributed by atoms with Crippen molar-refractivity contribution in [3.63, 3.8) is 0 Å². The van der Waals surface area contributed by atoms with Crippen molar-refractivity contribution in [2.45, 2.75) is 77.9 Å². The number of rotatable bonds is 14. The Morgan fingerprint density at radius 3 is 1.84 bits per heavy atom. The molecule has 0 spiro atoms. The lowest BCUT2D eigenvalue weighted by atomic mass is 10.1. The third-order valence-corrected chi connectivity index (χ3v) is 4.26. The molecule has 0 saturated heterocycles. The molecule has 1 aromatic rings. The van der Waals surface area contributed by atoms with E-state index < -0.39 is 5.97 Å². The molecule has 0 aromatic heterocycles. The molecule has 0 amide bonds. The number of hydrogen-bond donors (Lipinski definition) is 3. The molecule has 0 atom stereocenters. The highest BCUT2D eigenvalue weighted by Gasteiger charge is 2.10. The molecule has 3 N–H and O–H groups in total. The van der Waals surface area contributed by atoms with Crippen LogP contribution in [0.15, 0.2) is 12.1 Å². The van der Waals surface area contributed by atoms with Crippen LogP contribution in [0.3, 0.4) is 0 Å². The molecule has 1 rings (SSSR count). The number of carboxylic acid groups (broad SMARTS) is 1. The van der Waals surface area contributed by atoms with Crippen molar-refractivity contribution in [3.8, 4) is 5.75 Å². The summed E-state index contributed by atoms with van der Waals surface area (Å²) < 4.78 is 5.81. The molecule has 142 valence electrons. The van der Waals surface area contributed by atoms with Gasteiger partial charge in [-0.3, -0.25) is 4.79 Å². The predicted octanol–water partition coefficient (Wildman–Crippen LogP) is 3.95. The van der Waals surface area contributed by atoms with Gasteiger partial charge in [0.05, 0.1) is 19.8 Å². The number of aliphatic hydroxyl groups excluding tert-OH is 2. The van der Waals surface area contributed by atoms with Gasteiger partial charge in [-0.15, -0.1) is 0 Å². The highest BCUT2D eigenvalue weighted by atomic mass is 16.5. The standard InChI is InChI=1S/C20H32O5/c1-16-12-17(14-21)20(18(13-16)15-22)25-11-9-7-5-3-2-4-6-8-10-19(23)24/h12-13,21-22H,2-11,14-15H2,1H3,(H,23,24). The summed E-state index contributed by atoms with van der Waals surface area (Å²) in [4.78, 5) is 10.4. The van der Waals surface area contributed by atoms with Crippen molar-refractivity contribution < 1.29 is 24.9 Å². The van der Waals surface area contributed by atoms with Crippen LogP contribution in [0.1, 0.15) is 74.5 Å². The smallest absolute Gasteiger partial charge is 0.303 e. The third kappa shape index (κ3) is 8.89. The highest BCUT2D eigenvalue weighted by Crippen LogP contribution is 2.26. The van der Waals surface area contributed by atoms with E-state index in [-0.39, 0.29) is 19.6 Å². The first-order chi connectivity index (χ1) is 12.1. The number of carbonyl (C=O) groups is 1. The van der Waals surface area contributed by atoms with E-state index in [9.17, 15) is 15.0 Å². The van der Waals surface area contributed by atoms with Gasteiger partial charge in [0.25, 0.3) is 0 Å². The number of hydrogen-bond acceptors (Lipinski definition) is 4. The van der Waals surface area contributed by atoms with E-state index in [1.807, 2.05) is 19.1 Å². The van der Waals surface area contributed by atoms with E-state index in [2.05, 4.69) is 0 Å². The molecule has 0 aliphatic rings. The lowest BCUT2D eigenvalue weighted by molar-refractivity contribution is -0.137. The minimum absolute atomic E-state index is 0.0914. The maximum absolute atomic E-state index is 10.4. The SMILES string of the molecule is Cc1cc(CO)c(OCCCCCCCCCCC(=O)O)c(CO)c1. The van der Waals surface area contributed by atoms with Crippen LogP contribution in [0.5, 0.6) is 5.75 Å². The van der Waals surface area contributed by atoms with Crippen molar-refractivity contribution in [2.75, 3.05) is 6.61 Å². The van der Waals surface area contributed by atoms with Crippen LogP contribution in [0, 0.1) is 6.92 Å². The molecule has 0 aliphatic heterocycles. The molecular weight excluding hydrogens is 320 g/mol. The van der Waals surface area contributed by atoms with Crippen LogP contribution in [-0.2, 0) is 18.0 Å². The molecule has 25 heavy (non-hydrogen) atoms. The highest BCUT2D eigenvalue weighted by molar-refractivity contribution is 5.66. The van der Waals surface area contributed by atoms with Crippen LogP contribution in [-0.4, -0.2) is 27.9 Å². The lowest BCUT2D eigenvalue weighted by Gasteiger charge is -2.15. The normalized spacial score (nSPS) is 10.8. The maximum Gasteiger partial charge on any atom is 0.303 e. The summed E-state index contributed by atoms with van der Waals surface area (Å²) in [6.07, 6.45) is 8.66. The van der Waals surface area contributed by atoms with Crippen LogP contribution in [0.2, 0.25) is 0 Å². The van der Waals surface area contributed by atoms with Crippen LogP contribution in [0.4, 0.5) is 0 Å². The van der Waals surface area contributed by atoms with Crippen LogP contribution >= 0.6 is 0 Å². The van der Waals surface area contributed by atoms with Crippen LogP contribution in [0.25, 0.3) is 0 Å². The van der Waals surface area contributed by atoms with Crippen molar-refractivity contribution in [1.82, 2.24) is 0 Å². The van der Waals surface area contributed by atoms with E-state index >= 15 is 0 Å². The molecular formula is C20H32O5. The van der Waals surface area contributed by atoms with Gasteiger partial charge >= 0.3 is 5.97 Å². The first-order valence-corrected chi connectivity index (χ1v) is 9.27. The molecule has 5 nitrogen and oxygen atoms in total. The third-order valence-electron chi connectivity index (χ3n) is 4.26. The Labute approximate surface area is 150 Å². The minimum Gasteiger partial charge on any atom is -0.493 e. The van der Waals surface area contributed by atoms with Gasteiger partial charge in [-0.2, -0.15) is 0 Å². The van der Waals surface area contributed by atoms with Gasteiger partial charge in [-0.1, -0.05) is 56.2 Å². The Bertz CT molecular complexity index is 488. The summed E-state index contributed by atoms with van der Waals surface area (Å²) >= 11 is 0. The number of aryl methyl sites for hydroxylation is 1. The number of aliphatic carboxylic acids is 1. The zero-order valence-electron chi connectivity index (χ0n) is 15.3. The first kappa shape index (κ1) is 21.5. The molecule has 0 heterocycles. The topological polar surface area (TPSA) is 87.0 Å². The summed E-state index contributed by atoms with van der Waals surface area (Å²) in [5, 5.41) is 27.5. The van der Waals surface area contributed by atoms with Gasteiger partial charge < -0.3 is 20.1 Å². The van der Waals surface area contributed by atoms with Gasteiger partial charge in [-0.25, -0.2) is 0 Å². The van der Waals surface area contributed by atoms with Crippen molar-refractivity contribution in [1.29, 1.82) is 0 Å². The molecule has 0 saturated carbocycles. The monoisotopic (exact) mass is 352 g/mol. The second kappa shape index (κ2) is 12.7.